The quantitative estimate of drug-likeness (QED) is 0.292. The van der Waals surface area contributed by atoms with E-state index in [1.807, 2.05) is 42.5 Å². The topological polar surface area (TPSA) is 78.7 Å². The number of rotatable bonds is 6. The molecule has 178 valence electrons. The number of benzene rings is 3. The summed E-state index contributed by atoms with van der Waals surface area (Å²) in [5.74, 6) is -0.200. The van der Waals surface area contributed by atoms with Gasteiger partial charge in [0.2, 0.25) is 0 Å². The zero-order valence-corrected chi connectivity index (χ0v) is 19.7. The van der Waals surface area contributed by atoms with E-state index in [1.54, 1.807) is 18.0 Å². The van der Waals surface area contributed by atoms with Crippen molar-refractivity contribution in [1.82, 2.24) is 4.90 Å². The number of nitro benzene ring substituents is 1. The summed E-state index contributed by atoms with van der Waals surface area (Å²) < 4.78 is 0. The van der Waals surface area contributed by atoms with Gasteiger partial charge >= 0.3 is 0 Å². The number of carbonyl (C=O) groups excluding carboxylic acids is 1. The minimum atomic E-state index is -0.433. The van der Waals surface area contributed by atoms with E-state index in [0.717, 1.165) is 30.9 Å². The Hall–Kier alpha value is -3.97. The van der Waals surface area contributed by atoms with Crippen molar-refractivity contribution in [2.24, 2.45) is 0 Å². The normalized spacial score (nSPS) is 17.3. The van der Waals surface area contributed by atoms with Crippen LogP contribution in [0.25, 0.3) is 11.3 Å². The van der Waals surface area contributed by atoms with Crippen LogP contribution in [-0.2, 0) is 11.3 Å². The minimum Gasteiger partial charge on any atom is -0.354 e. The lowest BCUT2D eigenvalue weighted by molar-refractivity contribution is -0.384. The number of likely N-dealkylation sites (N-methyl/N-ethyl adjacent to an activating group) is 1. The van der Waals surface area contributed by atoms with E-state index in [4.69, 9.17) is 0 Å². The number of hydrogen-bond donors (Lipinski definition) is 1. The molecule has 0 aromatic heterocycles. The van der Waals surface area contributed by atoms with Gasteiger partial charge < -0.3 is 10.2 Å². The zero-order valence-electron chi connectivity index (χ0n) is 19.7. The Kier molecular flexibility index (Phi) is 6.33. The first kappa shape index (κ1) is 22.8. The number of carbonyl (C=O) groups is 1. The van der Waals surface area contributed by atoms with Gasteiger partial charge in [0.1, 0.15) is 0 Å². The molecule has 2 aliphatic rings. The molecule has 35 heavy (non-hydrogen) atoms. The number of nitro groups is 1. The highest BCUT2D eigenvalue weighted by molar-refractivity contribution is 6.38. The maximum atomic E-state index is 13.4. The Labute approximate surface area is 204 Å². The standard InChI is InChI=1S/C28H28N4O3/c1-30-25-15-14-23(32(34)35)18-24(25)26(28(30)33)27(21-8-4-2-5-9-21)29-22-12-10-20(11-13-22)19-31-16-6-3-7-17-31/h2,4-5,8-15,18,29H,3,6-7,16-17,19H2,1H3/b27-26-. The van der Waals surface area contributed by atoms with Crippen LogP contribution in [0.3, 0.4) is 0 Å². The summed E-state index contributed by atoms with van der Waals surface area (Å²) in [5, 5.41) is 14.9. The highest BCUT2D eigenvalue weighted by Gasteiger charge is 2.34. The van der Waals surface area contributed by atoms with Gasteiger partial charge in [-0.3, -0.25) is 19.8 Å². The van der Waals surface area contributed by atoms with Gasteiger partial charge in [0.25, 0.3) is 11.6 Å². The molecule has 0 saturated carbocycles. The molecule has 0 atom stereocenters. The number of fused-ring (bicyclic) bond motifs is 1. The fourth-order valence-corrected chi connectivity index (χ4v) is 4.86. The van der Waals surface area contributed by atoms with Gasteiger partial charge in [0, 0.05) is 37.0 Å². The van der Waals surface area contributed by atoms with E-state index < -0.39 is 4.92 Å². The van der Waals surface area contributed by atoms with Crippen LogP contribution >= 0.6 is 0 Å². The van der Waals surface area contributed by atoms with Crippen LogP contribution < -0.4 is 10.2 Å². The minimum absolute atomic E-state index is 0.0428. The van der Waals surface area contributed by atoms with Gasteiger partial charge in [-0.05, 0) is 55.3 Å². The van der Waals surface area contributed by atoms with Crippen LogP contribution in [0.4, 0.5) is 17.1 Å². The summed E-state index contributed by atoms with van der Waals surface area (Å²) in [6.45, 7) is 3.23. The molecule has 0 unspecified atom stereocenters. The van der Waals surface area contributed by atoms with Gasteiger partial charge in [-0.25, -0.2) is 0 Å². The fraction of sp³-hybridized carbons (Fsp3) is 0.250. The molecule has 0 radical (unpaired) electrons. The first-order valence-electron chi connectivity index (χ1n) is 12.0. The second kappa shape index (κ2) is 9.72. The number of likely N-dealkylation sites (tertiary alicyclic amines) is 1. The molecule has 1 N–H and O–H groups in total. The Bertz CT molecular complexity index is 1280. The maximum Gasteiger partial charge on any atom is 0.270 e. The maximum absolute atomic E-state index is 13.4. The SMILES string of the molecule is CN1C(=O)/C(=C(\Nc2ccc(CN3CCCCC3)cc2)c2ccccc2)c2cc([N+](=O)[O-])ccc21. The average molecular weight is 469 g/mol. The van der Waals surface area contributed by atoms with Crippen molar-refractivity contribution in [3.8, 4) is 0 Å². The molecule has 0 bridgehead atoms. The van der Waals surface area contributed by atoms with Crippen molar-refractivity contribution < 1.29 is 9.72 Å². The Morgan fingerprint density at radius 1 is 0.971 bits per heavy atom. The van der Waals surface area contributed by atoms with Gasteiger partial charge in [-0.15, -0.1) is 0 Å². The molecule has 2 heterocycles. The highest BCUT2D eigenvalue weighted by Crippen LogP contribution is 2.42. The third kappa shape index (κ3) is 4.68. The molecule has 1 fully saturated rings. The van der Waals surface area contributed by atoms with E-state index in [1.165, 1.54) is 37.0 Å². The van der Waals surface area contributed by atoms with Crippen molar-refractivity contribution in [1.29, 1.82) is 0 Å². The van der Waals surface area contributed by atoms with Crippen LogP contribution in [0.1, 0.15) is 36.0 Å². The molecule has 1 saturated heterocycles. The van der Waals surface area contributed by atoms with Crippen LogP contribution in [0.2, 0.25) is 0 Å². The van der Waals surface area contributed by atoms with Gasteiger partial charge in [0.05, 0.1) is 21.9 Å². The van der Waals surface area contributed by atoms with Crippen LogP contribution in [0, 0.1) is 10.1 Å². The third-order valence-electron chi connectivity index (χ3n) is 6.73. The molecule has 5 rings (SSSR count). The summed E-state index contributed by atoms with van der Waals surface area (Å²) in [6, 6.07) is 22.5. The Morgan fingerprint density at radius 3 is 2.37 bits per heavy atom. The first-order chi connectivity index (χ1) is 17.0. The average Bonchev–Trinajstić information content (AvgIpc) is 3.14. The number of non-ortho nitro benzene ring substituents is 1. The zero-order chi connectivity index (χ0) is 24.4. The first-order valence-corrected chi connectivity index (χ1v) is 12.0. The molecular weight excluding hydrogens is 440 g/mol. The van der Waals surface area contributed by atoms with E-state index in [0.29, 0.717) is 22.5 Å². The van der Waals surface area contributed by atoms with Crippen molar-refractivity contribution >= 4 is 34.2 Å². The van der Waals surface area contributed by atoms with E-state index in [9.17, 15) is 14.9 Å². The second-order valence-electron chi connectivity index (χ2n) is 9.10. The molecule has 7 heteroatoms. The number of piperidine rings is 1. The lowest BCUT2D eigenvalue weighted by atomic mass is 9.99. The van der Waals surface area contributed by atoms with E-state index in [2.05, 4.69) is 22.3 Å². The molecule has 7 nitrogen and oxygen atoms in total. The van der Waals surface area contributed by atoms with Crippen LogP contribution in [0.5, 0.6) is 0 Å². The predicted octanol–water partition coefficient (Wildman–Crippen LogP) is 5.54. The summed E-state index contributed by atoms with van der Waals surface area (Å²) in [5.41, 5.74) is 5.17. The van der Waals surface area contributed by atoms with Crippen molar-refractivity contribution in [3.05, 3.63) is 99.6 Å². The van der Waals surface area contributed by atoms with Gasteiger partial charge in [-0.2, -0.15) is 0 Å². The highest BCUT2D eigenvalue weighted by atomic mass is 16.6. The summed E-state index contributed by atoms with van der Waals surface area (Å²) >= 11 is 0. The molecule has 2 aliphatic heterocycles. The van der Waals surface area contributed by atoms with Crippen molar-refractivity contribution in [2.45, 2.75) is 25.8 Å². The Balaban J connectivity index is 1.53. The molecule has 3 aromatic carbocycles. The monoisotopic (exact) mass is 468 g/mol. The lowest BCUT2D eigenvalue weighted by Gasteiger charge is -2.26. The second-order valence-corrected chi connectivity index (χ2v) is 9.10. The largest absolute Gasteiger partial charge is 0.354 e. The molecular formula is C28H28N4O3. The summed E-state index contributed by atoms with van der Waals surface area (Å²) in [4.78, 5) is 28.4. The summed E-state index contributed by atoms with van der Waals surface area (Å²) in [7, 11) is 1.69. The molecule has 0 aliphatic carbocycles. The van der Waals surface area contributed by atoms with E-state index in [-0.39, 0.29) is 11.6 Å². The number of hydrogen-bond acceptors (Lipinski definition) is 5. The van der Waals surface area contributed by atoms with Gasteiger partial charge in [0.15, 0.2) is 0 Å². The van der Waals surface area contributed by atoms with Crippen molar-refractivity contribution in [2.75, 3.05) is 30.4 Å². The Morgan fingerprint density at radius 2 is 1.69 bits per heavy atom. The number of amides is 1. The van der Waals surface area contributed by atoms with Crippen molar-refractivity contribution in [3.63, 3.8) is 0 Å². The molecule has 0 spiro atoms. The number of anilines is 2. The number of nitrogens with one attached hydrogen (secondary N) is 1. The summed E-state index contributed by atoms with van der Waals surface area (Å²) in [6.07, 6.45) is 3.84. The fourth-order valence-electron chi connectivity index (χ4n) is 4.86. The number of nitrogens with zero attached hydrogens (tertiary/aromatic N) is 3. The third-order valence-corrected chi connectivity index (χ3v) is 6.73. The smallest absolute Gasteiger partial charge is 0.270 e. The predicted molar refractivity (Wildman–Crippen MR) is 139 cm³/mol. The van der Waals surface area contributed by atoms with E-state index >= 15 is 0 Å². The molecule has 3 aromatic rings. The molecule has 1 amide bonds. The van der Waals surface area contributed by atoms with Crippen LogP contribution in [-0.4, -0.2) is 35.9 Å². The van der Waals surface area contributed by atoms with Crippen LogP contribution in [0.15, 0.2) is 72.8 Å². The lowest BCUT2D eigenvalue weighted by Crippen LogP contribution is -2.29. The van der Waals surface area contributed by atoms with Gasteiger partial charge in [-0.1, -0.05) is 48.9 Å².